The Morgan fingerprint density at radius 2 is 1.81 bits per heavy atom. The number of benzene rings is 1. The van der Waals surface area contributed by atoms with Crippen molar-refractivity contribution in [3.05, 3.63) is 39.9 Å². The fraction of sp³-hybridized carbons (Fsp3) is 0.632. The first kappa shape index (κ1) is 25.6. The Hall–Kier alpha value is -1.42. The zero-order valence-corrected chi connectivity index (χ0v) is 19.4. The summed E-state index contributed by atoms with van der Waals surface area (Å²) in [5.41, 5.74) is 0.720. The van der Waals surface area contributed by atoms with Crippen molar-refractivity contribution in [1.82, 2.24) is 15.5 Å². The van der Waals surface area contributed by atoms with Gasteiger partial charge >= 0.3 is 0 Å². The number of para-hydroxylation sites is 1. The zero-order valence-electron chi connectivity index (χ0n) is 17.1. The number of nitro groups is 1. The summed E-state index contributed by atoms with van der Waals surface area (Å²) in [5, 5.41) is 17.6. The van der Waals surface area contributed by atoms with E-state index in [1.807, 2.05) is 6.92 Å². The molecule has 0 bridgehead atoms. The number of hydrogen-bond acceptors (Lipinski definition) is 4. The molecule has 0 aromatic heterocycles. The molecule has 0 aliphatic rings. The van der Waals surface area contributed by atoms with Gasteiger partial charge in [0.2, 0.25) is 0 Å². The van der Waals surface area contributed by atoms with Crippen molar-refractivity contribution in [2.24, 2.45) is 4.99 Å². The summed E-state index contributed by atoms with van der Waals surface area (Å²) < 4.78 is 0. The quantitative estimate of drug-likeness (QED) is 0.130. The minimum atomic E-state index is -0.363. The molecule has 1 rings (SSSR count). The fourth-order valence-electron chi connectivity index (χ4n) is 2.91. The van der Waals surface area contributed by atoms with Crippen molar-refractivity contribution in [1.29, 1.82) is 0 Å². The fourth-order valence-corrected chi connectivity index (χ4v) is 2.91. The molecule has 27 heavy (non-hydrogen) atoms. The highest BCUT2D eigenvalue weighted by Crippen LogP contribution is 2.18. The number of nitrogens with zero attached hydrogens (tertiary/aromatic N) is 3. The van der Waals surface area contributed by atoms with Gasteiger partial charge in [0.15, 0.2) is 5.96 Å². The van der Waals surface area contributed by atoms with Gasteiger partial charge in [-0.2, -0.15) is 0 Å². The minimum Gasteiger partial charge on any atom is -0.357 e. The lowest BCUT2D eigenvalue weighted by atomic mass is 10.2. The van der Waals surface area contributed by atoms with E-state index in [4.69, 9.17) is 0 Å². The summed E-state index contributed by atoms with van der Waals surface area (Å²) >= 11 is 0. The van der Waals surface area contributed by atoms with Gasteiger partial charge in [0, 0.05) is 37.8 Å². The van der Waals surface area contributed by atoms with E-state index >= 15 is 0 Å². The highest BCUT2D eigenvalue weighted by atomic mass is 127. The molecule has 0 aliphatic heterocycles. The third-order valence-corrected chi connectivity index (χ3v) is 4.15. The van der Waals surface area contributed by atoms with Crippen molar-refractivity contribution < 1.29 is 4.92 Å². The molecule has 0 atom stereocenters. The van der Waals surface area contributed by atoms with Gasteiger partial charge in [-0.1, -0.05) is 18.2 Å². The second-order valence-corrected chi connectivity index (χ2v) is 6.79. The van der Waals surface area contributed by atoms with Gasteiger partial charge in [0.1, 0.15) is 0 Å². The third kappa shape index (κ3) is 9.37. The van der Waals surface area contributed by atoms with Crippen LogP contribution < -0.4 is 10.6 Å². The number of rotatable bonds is 10. The van der Waals surface area contributed by atoms with Gasteiger partial charge < -0.3 is 10.6 Å². The lowest BCUT2D eigenvalue weighted by Crippen LogP contribution is -2.41. The number of guanidine groups is 1. The molecule has 2 N–H and O–H groups in total. The molecule has 7 nitrogen and oxygen atoms in total. The van der Waals surface area contributed by atoms with Gasteiger partial charge in [-0.25, -0.2) is 4.99 Å². The van der Waals surface area contributed by atoms with Crippen molar-refractivity contribution in [3.63, 3.8) is 0 Å². The molecule has 154 valence electrons. The van der Waals surface area contributed by atoms with Crippen LogP contribution in [0.5, 0.6) is 0 Å². The molecule has 1 aromatic carbocycles. The lowest BCUT2D eigenvalue weighted by molar-refractivity contribution is -0.385. The van der Waals surface area contributed by atoms with Gasteiger partial charge in [-0.15, -0.1) is 24.0 Å². The van der Waals surface area contributed by atoms with Crippen LogP contribution in [-0.4, -0.2) is 47.5 Å². The Labute approximate surface area is 180 Å². The van der Waals surface area contributed by atoms with Crippen LogP contribution in [0, 0.1) is 10.1 Å². The SMILES string of the molecule is CCNC(=NCc1ccccc1[N+](=O)[O-])NCCCN(C(C)C)C(C)C.I. The van der Waals surface area contributed by atoms with E-state index in [1.54, 1.807) is 18.2 Å². The Bertz CT molecular complexity index is 585. The molecule has 0 saturated heterocycles. The molecular formula is C19H34IN5O2. The maximum Gasteiger partial charge on any atom is 0.274 e. The Morgan fingerprint density at radius 3 is 2.37 bits per heavy atom. The lowest BCUT2D eigenvalue weighted by Gasteiger charge is -2.30. The molecule has 0 heterocycles. The molecule has 0 aliphatic carbocycles. The molecule has 0 unspecified atom stereocenters. The predicted molar refractivity (Wildman–Crippen MR) is 123 cm³/mol. The van der Waals surface area contributed by atoms with Gasteiger partial charge in [0.25, 0.3) is 5.69 Å². The second-order valence-electron chi connectivity index (χ2n) is 6.79. The van der Waals surface area contributed by atoms with E-state index in [0.717, 1.165) is 26.1 Å². The van der Waals surface area contributed by atoms with E-state index < -0.39 is 0 Å². The normalized spacial score (nSPS) is 11.6. The van der Waals surface area contributed by atoms with Crippen LogP contribution in [0.15, 0.2) is 29.3 Å². The summed E-state index contributed by atoms with van der Waals surface area (Å²) in [7, 11) is 0. The topological polar surface area (TPSA) is 82.8 Å². The third-order valence-electron chi connectivity index (χ3n) is 4.15. The molecular weight excluding hydrogens is 457 g/mol. The van der Waals surface area contributed by atoms with Crippen LogP contribution in [0.3, 0.4) is 0 Å². The Balaban J connectivity index is 0.00000676. The van der Waals surface area contributed by atoms with Crippen molar-refractivity contribution in [3.8, 4) is 0 Å². The molecule has 0 radical (unpaired) electrons. The predicted octanol–water partition coefficient (Wildman–Crippen LogP) is 3.78. The minimum absolute atomic E-state index is 0. The average Bonchev–Trinajstić information content (AvgIpc) is 2.58. The van der Waals surface area contributed by atoms with Crippen LogP contribution in [-0.2, 0) is 6.54 Å². The summed E-state index contributed by atoms with van der Waals surface area (Å²) in [5.74, 6) is 0.686. The number of nitro benzene ring substituents is 1. The Morgan fingerprint density at radius 1 is 1.19 bits per heavy atom. The van der Waals surface area contributed by atoms with E-state index in [9.17, 15) is 10.1 Å². The Kier molecular flexibility index (Phi) is 13.0. The highest BCUT2D eigenvalue weighted by Gasteiger charge is 2.13. The van der Waals surface area contributed by atoms with E-state index in [2.05, 4.69) is 48.2 Å². The van der Waals surface area contributed by atoms with Crippen molar-refractivity contribution >= 4 is 35.6 Å². The smallest absolute Gasteiger partial charge is 0.274 e. The number of nitrogens with one attached hydrogen (secondary N) is 2. The maximum absolute atomic E-state index is 11.1. The maximum atomic E-state index is 11.1. The van der Waals surface area contributed by atoms with Gasteiger partial charge in [-0.05, 0) is 41.0 Å². The summed E-state index contributed by atoms with van der Waals surface area (Å²) in [6, 6.07) is 7.77. The van der Waals surface area contributed by atoms with E-state index in [0.29, 0.717) is 23.6 Å². The molecule has 0 saturated carbocycles. The van der Waals surface area contributed by atoms with Crippen LogP contribution in [0.2, 0.25) is 0 Å². The average molecular weight is 491 g/mol. The monoisotopic (exact) mass is 491 g/mol. The summed E-state index contributed by atoms with van der Waals surface area (Å²) in [6.07, 6.45) is 1.01. The zero-order chi connectivity index (χ0) is 19.5. The van der Waals surface area contributed by atoms with Gasteiger partial charge in [0.05, 0.1) is 17.0 Å². The second kappa shape index (κ2) is 13.7. The van der Waals surface area contributed by atoms with E-state index in [-0.39, 0.29) is 41.1 Å². The number of aliphatic imine (C=N–C) groups is 1. The first-order chi connectivity index (χ1) is 12.4. The molecule has 0 amide bonds. The van der Waals surface area contributed by atoms with E-state index in [1.165, 1.54) is 6.07 Å². The van der Waals surface area contributed by atoms with Crippen LogP contribution >= 0.6 is 24.0 Å². The van der Waals surface area contributed by atoms with Crippen LogP contribution in [0.1, 0.15) is 46.6 Å². The van der Waals surface area contributed by atoms with Crippen LogP contribution in [0.4, 0.5) is 5.69 Å². The molecule has 1 aromatic rings. The standard InChI is InChI=1S/C19H33N5O2.HI/c1-6-20-19(21-12-9-13-23(15(2)3)16(4)5)22-14-17-10-7-8-11-18(17)24(25)26;/h7-8,10-11,15-16H,6,9,12-14H2,1-5H3,(H2,20,21,22);1H. The molecule has 0 fully saturated rings. The first-order valence-electron chi connectivity index (χ1n) is 9.37. The van der Waals surface area contributed by atoms with Crippen LogP contribution in [0.25, 0.3) is 0 Å². The summed E-state index contributed by atoms with van der Waals surface area (Å²) in [4.78, 5) is 17.7. The first-order valence-corrected chi connectivity index (χ1v) is 9.37. The van der Waals surface area contributed by atoms with Crippen molar-refractivity contribution in [2.75, 3.05) is 19.6 Å². The summed E-state index contributed by atoms with van der Waals surface area (Å²) in [6.45, 7) is 13.7. The molecule has 0 spiro atoms. The van der Waals surface area contributed by atoms with Gasteiger partial charge in [-0.3, -0.25) is 15.0 Å². The highest BCUT2D eigenvalue weighted by molar-refractivity contribution is 14.0. The number of hydrogen-bond donors (Lipinski definition) is 2. The molecule has 8 heteroatoms. The number of halogens is 1. The van der Waals surface area contributed by atoms with Crippen molar-refractivity contribution in [2.45, 2.75) is 59.7 Å². The largest absolute Gasteiger partial charge is 0.357 e.